The standard InChI is InChI=1S/C56H64N4O6/c1-2-3-4-5-6-7-8-9-10-11-12-13-14-15-16-17-18-19-23-33-54(63)66-43-48-39-53(62)60-51(38-44-34-36-49(61)37-35-44)55(64)58(41-47-31-26-30-46-29-24-25-32-50(46)47)42-52(60)59(48)56(65)57-40-45-27-21-20-22-28-45/h3-4,6-7,9-10,12-13,15-16,18-22,24-32,34-37,48,51-52,61H,2,5,8,11,14,17,23,33,38-43H2,1H3,(H,57,65)/b4-3-,7-6-,10-9-,13-12-,16-15-,19-18-/t48-,51?,52?/m0/s1. The first-order valence-corrected chi connectivity index (χ1v) is 23.3. The van der Waals surface area contributed by atoms with Crippen molar-refractivity contribution in [3.8, 4) is 5.75 Å². The molecule has 2 N–H and O–H groups in total. The normalized spacial score (nSPS) is 18.0. The third-order valence-corrected chi connectivity index (χ3v) is 11.7. The maximum absolute atomic E-state index is 14.6. The van der Waals surface area contributed by atoms with Crippen molar-refractivity contribution in [3.63, 3.8) is 0 Å². The number of hydrogen-bond donors (Lipinski definition) is 2. The van der Waals surface area contributed by atoms with Gasteiger partial charge in [-0.2, -0.15) is 0 Å². The summed E-state index contributed by atoms with van der Waals surface area (Å²) < 4.78 is 5.81. The number of hydrogen-bond acceptors (Lipinski definition) is 6. The molecule has 4 aromatic rings. The van der Waals surface area contributed by atoms with Crippen LogP contribution >= 0.6 is 0 Å². The van der Waals surface area contributed by atoms with Crippen molar-refractivity contribution in [2.75, 3.05) is 13.2 Å². The third kappa shape index (κ3) is 14.5. The predicted molar refractivity (Wildman–Crippen MR) is 263 cm³/mol. The number of allylic oxidation sites excluding steroid dienone is 12. The summed E-state index contributed by atoms with van der Waals surface area (Å²) in [6, 6.07) is 28.0. The smallest absolute Gasteiger partial charge is 0.319 e. The van der Waals surface area contributed by atoms with Crippen molar-refractivity contribution in [2.24, 2.45) is 0 Å². The molecule has 2 aliphatic rings. The number of piperazine rings is 1. The van der Waals surface area contributed by atoms with E-state index in [2.05, 4.69) is 73.0 Å². The molecular weight excluding hydrogens is 825 g/mol. The molecule has 2 unspecified atom stereocenters. The fourth-order valence-electron chi connectivity index (χ4n) is 8.35. The molecular formula is C56H64N4O6. The minimum absolute atomic E-state index is 0.0613. The van der Waals surface area contributed by atoms with Crippen molar-refractivity contribution < 1.29 is 29.0 Å². The zero-order valence-corrected chi connectivity index (χ0v) is 38.1. The van der Waals surface area contributed by atoms with Crippen LogP contribution in [0.5, 0.6) is 5.75 Å². The number of esters is 1. The molecule has 0 bridgehead atoms. The van der Waals surface area contributed by atoms with Crippen molar-refractivity contribution in [1.82, 2.24) is 20.0 Å². The molecule has 10 heteroatoms. The van der Waals surface area contributed by atoms with Crippen LogP contribution in [0.25, 0.3) is 10.8 Å². The van der Waals surface area contributed by atoms with Crippen molar-refractivity contribution >= 4 is 34.6 Å². The van der Waals surface area contributed by atoms with Crippen LogP contribution in [0.2, 0.25) is 0 Å². The van der Waals surface area contributed by atoms with E-state index in [0.717, 1.165) is 66.0 Å². The number of nitrogens with one attached hydrogen (secondary N) is 1. The Bertz CT molecular complexity index is 2380. The van der Waals surface area contributed by atoms with Gasteiger partial charge in [0, 0.05) is 25.9 Å². The summed E-state index contributed by atoms with van der Waals surface area (Å²) in [5.74, 6) is -0.859. The summed E-state index contributed by atoms with van der Waals surface area (Å²) in [6.07, 6.45) is 31.1. The molecule has 0 spiro atoms. The lowest BCUT2D eigenvalue weighted by molar-refractivity contribution is -0.173. The quantitative estimate of drug-likeness (QED) is 0.0599. The second-order valence-electron chi connectivity index (χ2n) is 16.6. The Hall–Kier alpha value is -6.94. The van der Waals surface area contributed by atoms with Crippen molar-refractivity contribution in [1.29, 1.82) is 0 Å². The second kappa shape index (κ2) is 26.1. The average Bonchev–Trinajstić information content (AvgIpc) is 3.33. The number of nitrogens with zero attached hydrogens (tertiary/aromatic N) is 3. The van der Waals surface area contributed by atoms with E-state index in [9.17, 15) is 24.3 Å². The van der Waals surface area contributed by atoms with E-state index in [0.29, 0.717) is 6.42 Å². The van der Waals surface area contributed by atoms with Crippen LogP contribution < -0.4 is 5.32 Å². The molecule has 0 radical (unpaired) electrons. The van der Waals surface area contributed by atoms with Gasteiger partial charge in [-0.3, -0.25) is 19.3 Å². The molecule has 66 heavy (non-hydrogen) atoms. The summed E-state index contributed by atoms with van der Waals surface area (Å²) in [7, 11) is 0. The first kappa shape index (κ1) is 48.5. The van der Waals surface area contributed by atoms with E-state index in [-0.39, 0.29) is 63.1 Å². The number of phenolic OH excluding ortho intramolecular Hbond substituents is 1. The number of phenols is 1. The third-order valence-electron chi connectivity index (χ3n) is 11.7. The number of fused-ring (bicyclic) bond motifs is 2. The molecule has 3 atom stereocenters. The van der Waals surface area contributed by atoms with E-state index in [4.69, 9.17) is 4.74 Å². The molecule has 4 amide bonds. The maximum Gasteiger partial charge on any atom is 0.319 e. The fraction of sp³-hybridized carbons (Fsp3) is 0.321. The van der Waals surface area contributed by atoms with Crippen LogP contribution in [0.4, 0.5) is 4.79 Å². The number of aromatic hydroxyl groups is 1. The van der Waals surface area contributed by atoms with Crippen LogP contribution in [0.15, 0.2) is 170 Å². The maximum atomic E-state index is 14.6. The minimum Gasteiger partial charge on any atom is -0.508 e. The zero-order valence-electron chi connectivity index (χ0n) is 38.1. The molecule has 4 aromatic carbocycles. The van der Waals surface area contributed by atoms with Gasteiger partial charge in [-0.15, -0.1) is 0 Å². The van der Waals surface area contributed by atoms with Crippen LogP contribution in [-0.2, 0) is 38.6 Å². The fourth-order valence-corrected chi connectivity index (χ4v) is 8.35. The molecule has 344 valence electrons. The zero-order chi connectivity index (χ0) is 46.4. The van der Waals surface area contributed by atoms with Gasteiger partial charge in [0.05, 0.1) is 19.0 Å². The molecule has 0 saturated carbocycles. The van der Waals surface area contributed by atoms with Gasteiger partial charge in [0.15, 0.2) is 0 Å². The average molecular weight is 889 g/mol. The summed E-state index contributed by atoms with van der Waals surface area (Å²) in [4.78, 5) is 61.4. The Labute approximate surface area is 390 Å². The number of ether oxygens (including phenoxy) is 1. The van der Waals surface area contributed by atoms with Crippen molar-refractivity contribution in [3.05, 3.63) is 187 Å². The molecule has 6 rings (SSSR count). The van der Waals surface area contributed by atoms with Crippen LogP contribution in [0.1, 0.15) is 81.4 Å². The van der Waals surface area contributed by atoms with Crippen LogP contribution in [0.3, 0.4) is 0 Å². The minimum atomic E-state index is -0.926. The van der Waals surface area contributed by atoms with Gasteiger partial charge >= 0.3 is 12.0 Å². The molecule has 0 aromatic heterocycles. The predicted octanol–water partition coefficient (Wildman–Crippen LogP) is 10.7. The Morgan fingerprint density at radius 3 is 1.98 bits per heavy atom. The summed E-state index contributed by atoms with van der Waals surface area (Å²) in [5, 5.41) is 15.1. The van der Waals surface area contributed by atoms with Gasteiger partial charge in [0.2, 0.25) is 11.8 Å². The number of benzene rings is 4. The van der Waals surface area contributed by atoms with Gasteiger partial charge in [0.25, 0.3) is 0 Å². The molecule has 10 nitrogen and oxygen atoms in total. The van der Waals surface area contributed by atoms with Gasteiger partial charge in [-0.1, -0.05) is 165 Å². The lowest BCUT2D eigenvalue weighted by Gasteiger charge is -2.54. The van der Waals surface area contributed by atoms with E-state index < -0.39 is 30.2 Å². The number of rotatable bonds is 22. The summed E-state index contributed by atoms with van der Waals surface area (Å²) >= 11 is 0. The van der Waals surface area contributed by atoms with Crippen LogP contribution in [0, 0.1) is 0 Å². The molecule has 0 aliphatic carbocycles. The highest BCUT2D eigenvalue weighted by Crippen LogP contribution is 2.33. The number of carbonyl (C=O) groups is 4. The van der Waals surface area contributed by atoms with Gasteiger partial charge < -0.3 is 25.0 Å². The molecule has 2 aliphatic heterocycles. The Morgan fingerprint density at radius 2 is 1.32 bits per heavy atom. The first-order valence-electron chi connectivity index (χ1n) is 23.3. The molecule has 2 heterocycles. The van der Waals surface area contributed by atoms with E-state index in [1.54, 1.807) is 39.0 Å². The highest BCUT2D eigenvalue weighted by molar-refractivity contribution is 5.92. The van der Waals surface area contributed by atoms with Crippen molar-refractivity contribution in [2.45, 2.75) is 102 Å². The summed E-state index contributed by atoms with van der Waals surface area (Å²) in [6.45, 7) is 2.54. The first-order chi connectivity index (χ1) is 32.3. The number of amides is 4. The topological polar surface area (TPSA) is 119 Å². The SMILES string of the molecule is CC/C=C\C/C=C\C/C=C\C/C=C\C/C=C\C/C=C\CCC(=O)OC[C@@H]1CC(=O)N2C(Cc3ccc(O)cc3)C(=O)N(Cc3cccc4ccccc34)CC2N1C(=O)NCc1ccccc1. The number of carbonyl (C=O) groups excluding carboxylic acids is 4. The number of urea groups is 1. The van der Waals surface area contributed by atoms with Gasteiger partial charge in [-0.25, -0.2) is 4.79 Å². The highest BCUT2D eigenvalue weighted by atomic mass is 16.5. The summed E-state index contributed by atoms with van der Waals surface area (Å²) in [5.41, 5.74) is 2.60. The van der Waals surface area contributed by atoms with E-state index in [1.807, 2.05) is 84.9 Å². The van der Waals surface area contributed by atoms with Crippen LogP contribution in [-0.4, -0.2) is 75.0 Å². The van der Waals surface area contributed by atoms with E-state index >= 15 is 0 Å². The highest BCUT2D eigenvalue weighted by Gasteiger charge is 2.52. The van der Waals surface area contributed by atoms with E-state index in [1.165, 1.54) is 0 Å². The van der Waals surface area contributed by atoms with Gasteiger partial charge in [0.1, 0.15) is 24.6 Å². The Morgan fingerprint density at radius 1 is 0.712 bits per heavy atom. The Kier molecular flexibility index (Phi) is 19.2. The lowest BCUT2D eigenvalue weighted by Crippen LogP contribution is -2.74. The lowest BCUT2D eigenvalue weighted by atomic mass is 9.94. The molecule has 2 saturated heterocycles. The second-order valence-corrected chi connectivity index (χ2v) is 16.6. The van der Waals surface area contributed by atoms with Gasteiger partial charge in [-0.05, 0) is 84.5 Å². The monoisotopic (exact) mass is 888 g/mol. The molecule has 2 fully saturated rings. The largest absolute Gasteiger partial charge is 0.508 e. The Balaban J connectivity index is 1.08.